The molecule has 36 heavy (non-hydrogen) atoms. The summed E-state index contributed by atoms with van der Waals surface area (Å²) in [6.45, 7) is 10.3. The average molecular weight is 494 g/mol. The summed E-state index contributed by atoms with van der Waals surface area (Å²) >= 11 is 0. The third kappa shape index (κ3) is 6.80. The van der Waals surface area contributed by atoms with Gasteiger partial charge in [0.05, 0.1) is 19.3 Å². The van der Waals surface area contributed by atoms with Crippen molar-refractivity contribution in [3.05, 3.63) is 71.3 Å². The molecule has 0 unspecified atom stereocenters. The molecule has 0 aliphatic carbocycles. The van der Waals surface area contributed by atoms with Crippen LogP contribution < -0.4 is 14.2 Å². The Kier molecular flexibility index (Phi) is 8.54. The molecule has 7 nitrogen and oxygen atoms in total. The van der Waals surface area contributed by atoms with Crippen molar-refractivity contribution in [2.75, 3.05) is 33.4 Å². The van der Waals surface area contributed by atoms with Crippen LogP contribution in [0.25, 0.3) is 0 Å². The summed E-state index contributed by atoms with van der Waals surface area (Å²) < 4.78 is 19.7. The second-order valence-electron chi connectivity index (χ2n) is 9.91. The van der Waals surface area contributed by atoms with E-state index in [9.17, 15) is 5.11 Å². The van der Waals surface area contributed by atoms with Gasteiger partial charge in [-0.3, -0.25) is 4.90 Å². The summed E-state index contributed by atoms with van der Waals surface area (Å²) in [5, 5.41) is 11.2. The molecule has 2 aromatic carbocycles. The maximum atomic E-state index is 11.2. The van der Waals surface area contributed by atoms with Crippen molar-refractivity contribution in [2.24, 2.45) is 0 Å². The average Bonchev–Trinajstić information content (AvgIpc) is 3.17. The van der Waals surface area contributed by atoms with Crippen LogP contribution in [0, 0.1) is 20.8 Å². The van der Waals surface area contributed by atoms with Gasteiger partial charge in [0.15, 0.2) is 11.5 Å². The molecule has 1 aromatic heterocycles. The predicted octanol–water partition coefficient (Wildman–Crippen LogP) is 4.69. The number of hydrogen-bond donors (Lipinski definition) is 1. The van der Waals surface area contributed by atoms with Gasteiger partial charge in [0.2, 0.25) is 0 Å². The molecule has 1 aliphatic heterocycles. The van der Waals surface area contributed by atoms with E-state index in [2.05, 4.69) is 39.6 Å². The molecule has 1 N–H and O–H groups in total. The highest BCUT2D eigenvalue weighted by Gasteiger charge is 2.31. The van der Waals surface area contributed by atoms with E-state index in [1.807, 2.05) is 38.2 Å². The molecule has 3 aromatic rings. The van der Waals surface area contributed by atoms with E-state index in [1.54, 1.807) is 13.3 Å². The zero-order valence-electron chi connectivity index (χ0n) is 22.0. The number of likely N-dealkylation sites (tertiary alicyclic amines) is 1. The Morgan fingerprint density at radius 1 is 0.972 bits per heavy atom. The van der Waals surface area contributed by atoms with Crippen molar-refractivity contribution in [1.82, 2.24) is 14.5 Å². The highest BCUT2D eigenvalue weighted by atomic mass is 16.5. The summed E-state index contributed by atoms with van der Waals surface area (Å²) in [4.78, 5) is 6.64. The Balaban J connectivity index is 1.30. The maximum absolute atomic E-state index is 11.2. The minimum Gasteiger partial charge on any atom is -0.493 e. The summed E-state index contributed by atoms with van der Waals surface area (Å²) in [6, 6.07) is 12.3. The number of benzene rings is 2. The minimum absolute atomic E-state index is 0.323. The second-order valence-corrected chi connectivity index (χ2v) is 9.91. The fourth-order valence-electron chi connectivity index (χ4n) is 4.79. The van der Waals surface area contributed by atoms with E-state index in [0.29, 0.717) is 19.6 Å². The van der Waals surface area contributed by atoms with Crippen LogP contribution >= 0.6 is 0 Å². The maximum Gasteiger partial charge on any atom is 0.161 e. The first kappa shape index (κ1) is 26.0. The van der Waals surface area contributed by atoms with Crippen molar-refractivity contribution in [3.63, 3.8) is 0 Å². The van der Waals surface area contributed by atoms with Gasteiger partial charge in [-0.05, 0) is 75.9 Å². The van der Waals surface area contributed by atoms with Crippen LogP contribution in [-0.2, 0) is 13.1 Å². The Hall–Kier alpha value is -3.03. The molecule has 4 rings (SSSR count). The molecular formula is C29H39N3O4. The molecule has 1 atom stereocenters. The van der Waals surface area contributed by atoms with Crippen LogP contribution in [0.2, 0.25) is 0 Å². The third-order valence-corrected chi connectivity index (χ3v) is 6.98. The van der Waals surface area contributed by atoms with Crippen molar-refractivity contribution < 1.29 is 19.3 Å². The summed E-state index contributed by atoms with van der Waals surface area (Å²) in [6.07, 6.45) is 6.10. The van der Waals surface area contributed by atoms with Crippen molar-refractivity contribution in [1.29, 1.82) is 0 Å². The van der Waals surface area contributed by atoms with Crippen LogP contribution in [0.15, 0.2) is 48.8 Å². The van der Waals surface area contributed by atoms with Crippen molar-refractivity contribution in [3.8, 4) is 17.2 Å². The molecular weight excluding hydrogens is 454 g/mol. The molecule has 2 heterocycles. The van der Waals surface area contributed by atoms with Gasteiger partial charge in [0, 0.05) is 25.5 Å². The summed E-state index contributed by atoms with van der Waals surface area (Å²) in [5.41, 5.74) is 2.67. The number of aliphatic hydroxyl groups is 1. The molecule has 0 amide bonds. The molecule has 1 fully saturated rings. The van der Waals surface area contributed by atoms with E-state index < -0.39 is 5.60 Å². The van der Waals surface area contributed by atoms with E-state index >= 15 is 0 Å². The Bertz CT molecular complexity index is 1150. The molecule has 0 radical (unpaired) electrons. The fourth-order valence-corrected chi connectivity index (χ4v) is 4.79. The lowest BCUT2D eigenvalue weighted by Gasteiger charge is -2.27. The Morgan fingerprint density at radius 3 is 2.56 bits per heavy atom. The van der Waals surface area contributed by atoms with Crippen LogP contribution in [-0.4, -0.2) is 58.6 Å². The van der Waals surface area contributed by atoms with E-state index in [-0.39, 0.29) is 0 Å². The topological polar surface area (TPSA) is 69.0 Å². The monoisotopic (exact) mass is 493 g/mol. The normalized spacial score (nSPS) is 18.6. The molecule has 7 heteroatoms. The summed E-state index contributed by atoms with van der Waals surface area (Å²) in [5.74, 6) is 3.31. The van der Waals surface area contributed by atoms with Crippen LogP contribution in [0.5, 0.6) is 17.2 Å². The van der Waals surface area contributed by atoms with Gasteiger partial charge >= 0.3 is 0 Å². The molecule has 0 spiro atoms. The molecule has 1 aliphatic rings. The molecule has 0 saturated carbocycles. The lowest BCUT2D eigenvalue weighted by molar-refractivity contribution is -0.0170. The number of nitrogens with zero attached hydrogens (tertiary/aromatic N) is 3. The molecule has 194 valence electrons. The Morgan fingerprint density at radius 2 is 1.81 bits per heavy atom. The van der Waals surface area contributed by atoms with E-state index in [1.165, 1.54) is 11.1 Å². The summed E-state index contributed by atoms with van der Waals surface area (Å²) in [7, 11) is 1.67. The van der Waals surface area contributed by atoms with Gasteiger partial charge < -0.3 is 23.9 Å². The number of rotatable bonds is 10. The van der Waals surface area contributed by atoms with Gasteiger partial charge in [-0.15, -0.1) is 0 Å². The number of methoxy groups -OCH3 is 1. The zero-order valence-corrected chi connectivity index (χ0v) is 22.0. The highest BCUT2D eigenvalue weighted by molar-refractivity contribution is 5.43. The number of aromatic nitrogens is 2. The van der Waals surface area contributed by atoms with Crippen LogP contribution in [0.3, 0.4) is 0 Å². The molecule has 1 saturated heterocycles. The predicted molar refractivity (Wildman–Crippen MR) is 141 cm³/mol. The lowest BCUT2D eigenvalue weighted by Crippen LogP contribution is -2.37. The zero-order chi connectivity index (χ0) is 25.5. The van der Waals surface area contributed by atoms with Gasteiger partial charge in [-0.2, -0.15) is 0 Å². The lowest BCUT2D eigenvalue weighted by atomic mass is 9.96. The van der Waals surface area contributed by atoms with Crippen LogP contribution in [0.4, 0.5) is 0 Å². The first-order valence-electron chi connectivity index (χ1n) is 12.8. The SMILES string of the molecule is COc1cc(CN2CCC[C@@](O)(COc3ccc(C)cc3C)CC2)ccc1OCCn1ccnc1C. The first-order chi connectivity index (χ1) is 17.3. The van der Waals surface area contributed by atoms with Gasteiger partial charge in [-0.1, -0.05) is 23.8 Å². The van der Waals surface area contributed by atoms with Gasteiger partial charge in [0.1, 0.15) is 24.8 Å². The largest absolute Gasteiger partial charge is 0.493 e. The smallest absolute Gasteiger partial charge is 0.161 e. The second kappa shape index (κ2) is 11.8. The van der Waals surface area contributed by atoms with Crippen LogP contribution in [0.1, 0.15) is 41.8 Å². The van der Waals surface area contributed by atoms with Gasteiger partial charge in [-0.25, -0.2) is 4.98 Å². The number of ether oxygens (including phenoxy) is 3. The Labute approximate surface area is 214 Å². The van der Waals surface area contributed by atoms with E-state index in [0.717, 1.165) is 67.7 Å². The number of aryl methyl sites for hydroxylation is 3. The van der Waals surface area contributed by atoms with Crippen molar-refractivity contribution >= 4 is 0 Å². The van der Waals surface area contributed by atoms with Gasteiger partial charge in [0.25, 0.3) is 0 Å². The number of hydrogen-bond acceptors (Lipinski definition) is 6. The minimum atomic E-state index is -0.810. The first-order valence-corrected chi connectivity index (χ1v) is 12.8. The molecule has 0 bridgehead atoms. The number of imidazole rings is 1. The standard InChI is InChI=1S/C29H39N3O4/c1-22-6-8-26(23(2)18-22)36-21-29(33)10-5-13-31(14-11-29)20-25-7-9-27(28(19-25)34-4)35-17-16-32-15-12-30-24(32)3/h6-9,12,15,18-19,33H,5,10-11,13-14,16-17,20-21H2,1-4H3/t29-/m0/s1. The van der Waals surface area contributed by atoms with Crippen molar-refractivity contribution in [2.45, 2.75) is 58.7 Å². The third-order valence-electron chi connectivity index (χ3n) is 6.98. The fraction of sp³-hybridized carbons (Fsp3) is 0.483. The highest BCUT2D eigenvalue weighted by Crippen LogP contribution is 2.30. The van der Waals surface area contributed by atoms with E-state index in [4.69, 9.17) is 14.2 Å². The quantitative estimate of drug-likeness (QED) is 0.442.